The van der Waals surface area contributed by atoms with E-state index in [0.717, 1.165) is 24.5 Å². The van der Waals surface area contributed by atoms with Crippen LogP contribution in [0.1, 0.15) is 20.8 Å². The Bertz CT molecular complexity index is 564. The lowest BCUT2D eigenvalue weighted by Gasteiger charge is -2.34. The summed E-state index contributed by atoms with van der Waals surface area (Å²) in [4.78, 5) is 29.7. The summed E-state index contributed by atoms with van der Waals surface area (Å²) in [7, 11) is 0. The lowest BCUT2D eigenvalue weighted by atomic mass is 10.2. The molecule has 7 nitrogen and oxygen atoms in total. The third-order valence-corrected chi connectivity index (χ3v) is 4.34. The summed E-state index contributed by atoms with van der Waals surface area (Å²) >= 11 is 0. The van der Waals surface area contributed by atoms with Crippen molar-refractivity contribution in [3.05, 3.63) is 24.3 Å². The van der Waals surface area contributed by atoms with Gasteiger partial charge in [0.25, 0.3) is 0 Å². The number of hydrogen-bond acceptors (Lipinski definition) is 4. The second kappa shape index (κ2) is 9.15. The topological polar surface area (TPSA) is 65.1 Å². The van der Waals surface area contributed by atoms with Gasteiger partial charge in [0.2, 0.25) is 0 Å². The van der Waals surface area contributed by atoms with Gasteiger partial charge in [0.1, 0.15) is 0 Å². The number of carbonyl (C=O) groups excluding carboxylic acids is 2. The van der Waals surface area contributed by atoms with Crippen molar-refractivity contribution in [1.29, 1.82) is 0 Å². The van der Waals surface area contributed by atoms with Gasteiger partial charge < -0.3 is 24.8 Å². The maximum Gasteiger partial charge on any atom is 0.409 e. The molecule has 1 aliphatic rings. The number of carbonyl (C=O) groups is 2. The largest absolute Gasteiger partial charge is 0.450 e. The van der Waals surface area contributed by atoms with Gasteiger partial charge in [-0.15, -0.1) is 0 Å². The lowest BCUT2D eigenvalue weighted by molar-refractivity contribution is 0.0868. The fraction of sp³-hybridized carbons (Fsp3) is 0.556. The zero-order valence-electron chi connectivity index (χ0n) is 15.3. The summed E-state index contributed by atoms with van der Waals surface area (Å²) in [5.74, 6) is 0. The van der Waals surface area contributed by atoms with Gasteiger partial charge >= 0.3 is 12.1 Å². The van der Waals surface area contributed by atoms with Crippen LogP contribution in [0.2, 0.25) is 0 Å². The highest BCUT2D eigenvalue weighted by Crippen LogP contribution is 2.18. The van der Waals surface area contributed by atoms with Crippen LogP contribution >= 0.6 is 0 Å². The third kappa shape index (κ3) is 5.01. The summed E-state index contributed by atoms with van der Waals surface area (Å²) < 4.78 is 4.99. The molecule has 0 aliphatic carbocycles. The van der Waals surface area contributed by atoms with Crippen molar-refractivity contribution in [2.75, 3.05) is 56.1 Å². The van der Waals surface area contributed by atoms with E-state index in [1.165, 1.54) is 0 Å². The number of rotatable bonds is 5. The minimum atomic E-state index is -0.311. The number of amides is 3. The molecule has 1 N–H and O–H groups in total. The SMILES string of the molecule is CCOC(=O)N1CCN(C(=O)Nc2ccc(N(CC)CC)cc2)CC1. The average Bonchev–Trinajstić information content (AvgIpc) is 2.64. The van der Waals surface area contributed by atoms with Crippen molar-refractivity contribution in [1.82, 2.24) is 9.80 Å². The summed E-state index contributed by atoms with van der Waals surface area (Å²) in [5, 5.41) is 2.92. The van der Waals surface area contributed by atoms with Crippen molar-refractivity contribution in [3.63, 3.8) is 0 Å². The highest BCUT2D eigenvalue weighted by atomic mass is 16.6. The second-order valence-electron chi connectivity index (χ2n) is 5.82. The van der Waals surface area contributed by atoms with Crippen molar-refractivity contribution in [3.8, 4) is 0 Å². The van der Waals surface area contributed by atoms with Crippen LogP contribution in [0.25, 0.3) is 0 Å². The Labute approximate surface area is 149 Å². The molecule has 7 heteroatoms. The fourth-order valence-corrected chi connectivity index (χ4v) is 2.85. The monoisotopic (exact) mass is 348 g/mol. The average molecular weight is 348 g/mol. The quantitative estimate of drug-likeness (QED) is 0.889. The predicted molar refractivity (Wildman–Crippen MR) is 99.2 cm³/mol. The minimum Gasteiger partial charge on any atom is -0.450 e. The van der Waals surface area contributed by atoms with E-state index in [1.807, 2.05) is 24.3 Å². The number of hydrogen-bond donors (Lipinski definition) is 1. The Morgan fingerprint density at radius 1 is 1.00 bits per heavy atom. The standard InChI is InChI=1S/C18H28N4O3/c1-4-20(5-2)16-9-7-15(8-10-16)19-17(23)21-11-13-22(14-12-21)18(24)25-6-3/h7-10H,4-6,11-14H2,1-3H3,(H,19,23). The first kappa shape index (κ1) is 18.9. The molecule has 0 atom stereocenters. The Morgan fingerprint density at radius 3 is 2.08 bits per heavy atom. The van der Waals surface area contributed by atoms with E-state index in [-0.39, 0.29) is 12.1 Å². The van der Waals surface area contributed by atoms with Crippen LogP contribution in [-0.4, -0.2) is 67.8 Å². The lowest BCUT2D eigenvalue weighted by Crippen LogP contribution is -2.51. The fourth-order valence-electron chi connectivity index (χ4n) is 2.85. The maximum absolute atomic E-state index is 12.4. The van der Waals surface area contributed by atoms with E-state index < -0.39 is 0 Å². The number of ether oxygens (including phenoxy) is 1. The molecule has 0 spiro atoms. The zero-order valence-corrected chi connectivity index (χ0v) is 15.3. The van der Waals surface area contributed by atoms with Crippen molar-refractivity contribution < 1.29 is 14.3 Å². The van der Waals surface area contributed by atoms with Crippen LogP contribution < -0.4 is 10.2 Å². The van der Waals surface area contributed by atoms with E-state index in [2.05, 4.69) is 24.1 Å². The van der Waals surface area contributed by atoms with Gasteiger partial charge in [-0.2, -0.15) is 0 Å². The number of nitrogens with one attached hydrogen (secondary N) is 1. The molecule has 0 aromatic heterocycles. The minimum absolute atomic E-state index is 0.140. The third-order valence-electron chi connectivity index (χ3n) is 4.34. The van der Waals surface area contributed by atoms with Gasteiger partial charge in [0.15, 0.2) is 0 Å². The van der Waals surface area contributed by atoms with E-state index >= 15 is 0 Å². The molecule has 0 unspecified atom stereocenters. The summed E-state index contributed by atoms with van der Waals surface area (Å²) in [5.41, 5.74) is 1.92. The Kier molecular flexibility index (Phi) is 6.91. The number of piperazine rings is 1. The highest BCUT2D eigenvalue weighted by Gasteiger charge is 2.24. The molecule has 138 valence electrons. The number of benzene rings is 1. The first-order valence-corrected chi connectivity index (χ1v) is 8.91. The van der Waals surface area contributed by atoms with Crippen LogP contribution in [0.5, 0.6) is 0 Å². The zero-order chi connectivity index (χ0) is 18.2. The molecular weight excluding hydrogens is 320 g/mol. The molecule has 0 saturated carbocycles. The molecule has 2 rings (SSSR count). The Balaban J connectivity index is 1.85. The molecule has 1 aliphatic heterocycles. The molecule has 25 heavy (non-hydrogen) atoms. The molecule has 3 amide bonds. The maximum atomic E-state index is 12.4. The molecular formula is C18H28N4O3. The summed E-state index contributed by atoms with van der Waals surface area (Å²) in [6.07, 6.45) is -0.311. The highest BCUT2D eigenvalue weighted by molar-refractivity contribution is 5.89. The molecule has 0 bridgehead atoms. The Hall–Kier alpha value is -2.44. The predicted octanol–water partition coefficient (Wildman–Crippen LogP) is 2.84. The van der Waals surface area contributed by atoms with E-state index in [1.54, 1.807) is 16.7 Å². The number of urea groups is 1. The normalized spacial score (nSPS) is 14.2. The summed E-state index contributed by atoms with van der Waals surface area (Å²) in [6.45, 7) is 10.3. The van der Waals surface area contributed by atoms with Crippen LogP contribution in [0, 0.1) is 0 Å². The molecule has 1 aromatic carbocycles. The van der Waals surface area contributed by atoms with E-state index in [9.17, 15) is 9.59 Å². The van der Waals surface area contributed by atoms with E-state index in [4.69, 9.17) is 4.74 Å². The van der Waals surface area contributed by atoms with Gasteiger partial charge in [0.05, 0.1) is 6.61 Å². The number of anilines is 2. The first-order valence-electron chi connectivity index (χ1n) is 8.91. The number of nitrogens with zero attached hydrogens (tertiary/aromatic N) is 3. The molecule has 0 radical (unpaired) electrons. The molecule has 1 aromatic rings. The molecule has 1 saturated heterocycles. The van der Waals surface area contributed by atoms with Crippen LogP contribution in [-0.2, 0) is 4.74 Å². The van der Waals surface area contributed by atoms with Gasteiger partial charge in [0, 0.05) is 50.6 Å². The van der Waals surface area contributed by atoms with Crippen molar-refractivity contribution in [2.45, 2.75) is 20.8 Å². The van der Waals surface area contributed by atoms with Crippen molar-refractivity contribution in [2.24, 2.45) is 0 Å². The second-order valence-corrected chi connectivity index (χ2v) is 5.82. The van der Waals surface area contributed by atoms with Gasteiger partial charge in [-0.05, 0) is 45.0 Å². The van der Waals surface area contributed by atoms with Gasteiger partial charge in [-0.1, -0.05) is 0 Å². The van der Waals surface area contributed by atoms with Crippen LogP contribution in [0.3, 0.4) is 0 Å². The molecule has 1 fully saturated rings. The van der Waals surface area contributed by atoms with Gasteiger partial charge in [-0.3, -0.25) is 0 Å². The van der Waals surface area contributed by atoms with Crippen LogP contribution in [0.15, 0.2) is 24.3 Å². The van der Waals surface area contributed by atoms with E-state index in [0.29, 0.717) is 32.8 Å². The Morgan fingerprint density at radius 2 is 1.56 bits per heavy atom. The molecule has 1 heterocycles. The first-order chi connectivity index (χ1) is 12.1. The smallest absolute Gasteiger partial charge is 0.409 e. The van der Waals surface area contributed by atoms with Crippen LogP contribution in [0.4, 0.5) is 21.0 Å². The van der Waals surface area contributed by atoms with Gasteiger partial charge in [-0.25, -0.2) is 9.59 Å². The van der Waals surface area contributed by atoms with Crippen molar-refractivity contribution >= 4 is 23.5 Å². The summed E-state index contributed by atoms with van der Waals surface area (Å²) in [6, 6.07) is 7.72.